The average molecular weight is 347 g/mol. The summed E-state index contributed by atoms with van der Waals surface area (Å²) in [5.41, 5.74) is 11.4. The van der Waals surface area contributed by atoms with Gasteiger partial charge in [0.2, 0.25) is 0 Å². The van der Waals surface area contributed by atoms with E-state index in [0.717, 1.165) is 28.7 Å². The first-order valence-corrected chi connectivity index (χ1v) is 8.46. The van der Waals surface area contributed by atoms with Crippen LogP contribution in [-0.4, -0.2) is 17.4 Å². The first-order valence-electron chi connectivity index (χ1n) is 8.46. The summed E-state index contributed by atoms with van der Waals surface area (Å²) in [7, 11) is 0. The third-order valence-electron chi connectivity index (χ3n) is 4.69. The fourth-order valence-electron chi connectivity index (χ4n) is 3.30. The topological polar surface area (TPSA) is 68.0 Å². The Hall–Kier alpha value is -3.21. The first kappa shape index (κ1) is 16.3. The maximum atomic E-state index is 14.3. The second-order valence-corrected chi connectivity index (χ2v) is 6.52. The van der Waals surface area contributed by atoms with Gasteiger partial charge in [0.1, 0.15) is 11.6 Å². The Kier molecular flexibility index (Phi) is 3.92. The number of nitrogens with two attached hydrogens (primary N) is 1. The zero-order valence-corrected chi connectivity index (χ0v) is 14.3. The van der Waals surface area contributed by atoms with E-state index in [1.165, 1.54) is 6.07 Å². The van der Waals surface area contributed by atoms with Gasteiger partial charge >= 0.3 is 0 Å². The molecule has 0 radical (unpaired) electrons. The largest absolute Gasteiger partial charge is 0.383 e. The summed E-state index contributed by atoms with van der Waals surface area (Å²) in [4.78, 5) is 16.2. The van der Waals surface area contributed by atoms with Gasteiger partial charge in [0.15, 0.2) is 0 Å². The lowest BCUT2D eigenvalue weighted by molar-refractivity contribution is 0.0946. The molecule has 0 saturated carbocycles. The van der Waals surface area contributed by atoms with E-state index < -0.39 is 0 Å². The van der Waals surface area contributed by atoms with Crippen molar-refractivity contribution in [2.45, 2.75) is 13.3 Å². The molecule has 4 rings (SSSR count). The number of hydrogen-bond donors (Lipinski definition) is 2. The lowest BCUT2D eigenvalue weighted by Gasteiger charge is -2.18. The van der Waals surface area contributed by atoms with Crippen LogP contribution in [0.5, 0.6) is 0 Å². The van der Waals surface area contributed by atoms with Gasteiger partial charge in [-0.1, -0.05) is 24.3 Å². The molecule has 1 aromatic heterocycles. The van der Waals surface area contributed by atoms with Gasteiger partial charge in [0, 0.05) is 35.0 Å². The average Bonchev–Trinajstić information content (AvgIpc) is 2.62. The van der Waals surface area contributed by atoms with Gasteiger partial charge < -0.3 is 11.1 Å². The van der Waals surface area contributed by atoms with E-state index in [2.05, 4.69) is 10.3 Å². The van der Waals surface area contributed by atoms with E-state index in [1.54, 1.807) is 18.3 Å². The van der Waals surface area contributed by atoms with E-state index in [4.69, 9.17) is 5.73 Å². The minimum atomic E-state index is -0.287. The number of benzene rings is 2. The van der Waals surface area contributed by atoms with Gasteiger partial charge in [-0.25, -0.2) is 9.37 Å². The standard InChI is InChI=1S/C21H18FN3O/c1-12-2-4-16(19(22)8-12)15-10-18(20(23)25-11-15)13-3-5-17-14(9-13)6-7-24-21(17)26/h2-5,8-11H,6-7H2,1H3,(H2,23,25)(H,24,26). The molecule has 0 spiro atoms. The number of fused-ring (bicyclic) bond motifs is 1. The number of amides is 1. The van der Waals surface area contributed by atoms with Crippen LogP contribution in [0.2, 0.25) is 0 Å². The molecule has 3 aromatic rings. The third-order valence-corrected chi connectivity index (χ3v) is 4.69. The fourth-order valence-corrected chi connectivity index (χ4v) is 3.30. The van der Waals surface area contributed by atoms with Gasteiger partial charge in [-0.2, -0.15) is 0 Å². The minimum absolute atomic E-state index is 0.0561. The Morgan fingerprint density at radius 2 is 1.85 bits per heavy atom. The Morgan fingerprint density at radius 3 is 2.65 bits per heavy atom. The molecule has 0 aliphatic carbocycles. The summed E-state index contributed by atoms with van der Waals surface area (Å²) in [6.07, 6.45) is 2.35. The van der Waals surface area contributed by atoms with Crippen molar-refractivity contribution >= 4 is 11.7 Å². The molecule has 5 heteroatoms. The van der Waals surface area contributed by atoms with Crippen molar-refractivity contribution in [1.82, 2.24) is 10.3 Å². The van der Waals surface area contributed by atoms with Crippen LogP contribution in [0.3, 0.4) is 0 Å². The monoisotopic (exact) mass is 347 g/mol. The van der Waals surface area contributed by atoms with Gasteiger partial charge in [0.25, 0.3) is 5.91 Å². The van der Waals surface area contributed by atoms with Crippen molar-refractivity contribution in [3.05, 3.63) is 71.2 Å². The highest BCUT2D eigenvalue weighted by Crippen LogP contribution is 2.32. The van der Waals surface area contributed by atoms with Gasteiger partial charge in [-0.05, 0) is 48.2 Å². The van der Waals surface area contributed by atoms with Crippen LogP contribution in [0.25, 0.3) is 22.3 Å². The lowest BCUT2D eigenvalue weighted by Crippen LogP contribution is -2.31. The number of nitrogens with zero attached hydrogens (tertiary/aromatic N) is 1. The number of hydrogen-bond acceptors (Lipinski definition) is 3. The number of aryl methyl sites for hydroxylation is 1. The molecule has 2 heterocycles. The molecule has 0 saturated heterocycles. The number of pyridine rings is 1. The van der Waals surface area contributed by atoms with Crippen molar-refractivity contribution in [3.8, 4) is 22.3 Å². The number of carbonyl (C=O) groups is 1. The van der Waals surface area contributed by atoms with Crippen LogP contribution in [0.1, 0.15) is 21.5 Å². The highest BCUT2D eigenvalue weighted by atomic mass is 19.1. The van der Waals surface area contributed by atoms with Crippen LogP contribution in [0.4, 0.5) is 10.2 Å². The van der Waals surface area contributed by atoms with Crippen LogP contribution in [0, 0.1) is 12.7 Å². The number of nitrogen functional groups attached to an aromatic ring is 1. The van der Waals surface area contributed by atoms with Crippen molar-refractivity contribution in [1.29, 1.82) is 0 Å². The zero-order valence-electron chi connectivity index (χ0n) is 14.3. The predicted octanol–water partition coefficient (Wildman–Crippen LogP) is 3.73. The van der Waals surface area contributed by atoms with Crippen molar-refractivity contribution < 1.29 is 9.18 Å². The molecule has 4 nitrogen and oxygen atoms in total. The van der Waals surface area contributed by atoms with E-state index in [1.807, 2.05) is 31.2 Å². The summed E-state index contributed by atoms with van der Waals surface area (Å²) in [6.45, 7) is 2.47. The molecule has 130 valence electrons. The van der Waals surface area contributed by atoms with Crippen LogP contribution >= 0.6 is 0 Å². The van der Waals surface area contributed by atoms with Crippen molar-refractivity contribution in [3.63, 3.8) is 0 Å². The SMILES string of the molecule is Cc1ccc(-c2cnc(N)c(-c3ccc4c(c3)CCNC4=O)c2)c(F)c1. The lowest BCUT2D eigenvalue weighted by atomic mass is 9.94. The fraction of sp³-hybridized carbons (Fsp3) is 0.143. The smallest absolute Gasteiger partial charge is 0.251 e. The Labute approximate surface area is 150 Å². The molecule has 1 aliphatic rings. The molecule has 26 heavy (non-hydrogen) atoms. The van der Waals surface area contributed by atoms with E-state index in [0.29, 0.717) is 29.1 Å². The molecule has 0 unspecified atom stereocenters. The Bertz CT molecular complexity index is 1030. The Morgan fingerprint density at radius 1 is 1.04 bits per heavy atom. The van der Waals surface area contributed by atoms with Crippen molar-refractivity contribution in [2.24, 2.45) is 0 Å². The van der Waals surface area contributed by atoms with Gasteiger partial charge in [0.05, 0.1) is 0 Å². The maximum absolute atomic E-state index is 14.3. The highest BCUT2D eigenvalue weighted by molar-refractivity contribution is 5.97. The molecule has 1 amide bonds. The molecule has 0 bridgehead atoms. The first-order chi connectivity index (χ1) is 12.5. The quantitative estimate of drug-likeness (QED) is 0.742. The summed E-state index contributed by atoms with van der Waals surface area (Å²) < 4.78 is 14.3. The number of aromatic nitrogens is 1. The van der Waals surface area contributed by atoms with Crippen molar-refractivity contribution in [2.75, 3.05) is 12.3 Å². The molecular weight excluding hydrogens is 329 g/mol. The molecule has 3 N–H and O–H groups in total. The van der Waals surface area contributed by atoms with E-state index in [-0.39, 0.29) is 11.7 Å². The van der Waals surface area contributed by atoms with Crippen LogP contribution in [0.15, 0.2) is 48.7 Å². The number of nitrogens with one attached hydrogen (secondary N) is 1. The zero-order chi connectivity index (χ0) is 18.3. The normalized spacial score (nSPS) is 13.2. The second kappa shape index (κ2) is 6.26. The minimum Gasteiger partial charge on any atom is -0.383 e. The maximum Gasteiger partial charge on any atom is 0.251 e. The Balaban J connectivity index is 1.81. The van der Waals surface area contributed by atoms with Gasteiger partial charge in [-0.15, -0.1) is 0 Å². The van der Waals surface area contributed by atoms with Crippen LogP contribution in [-0.2, 0) is 6.42 Å². The van der Waals surface area contributed by atoms with Gasteiger partial charge in [-0.3, -0.25) is 4.79 Å². The number of halogens is 1. The summed E-state index contributed by atoms with van der Waals surface area (Å²) >= 11 is 0. The third kappa shape index (κ3) is 2.81. The number of carbonyl (C=O) groups excluding carboxylic acids is 1. The second-order valence-electron chi connectivity index (χ2n) is 6.52. The van der Waals surface area contributed by atoms with E-state index in [9.17, 15) is 9.18 Å². The summed E-state index contributed by atoms with van der Waals surface area (Å²) in [5, 5.41) is 2.83. The number of rotatable bonds is 2. The van der Waals surface area contributed by atoms with E-state index >= 15 is 0 Å². The molecule has 0 atom stereocenters. The van der Waals surface area contributed by atoms with Crippen LogP contribution < -0.4 is 11.1 Å². The highest BCUT2D eigenvalue weighted by Gasteiger charge is 2.18. The predicted molar refractivity (Wildman–Crippen MR) is 100 cm³/mol. The molecule has 2 aromatic carbocycles. The summed E-state index contributed by atoms with van der Waals surface area (Å²) in [6, 6.07) is 12.6. The summed E-state index contributed by atoms with van der Waals surface area (Å²) in [5.74, 6) is 0.0329. The molecule has 1 aliphatic heterocycles. The molecular formula is C21H18FN3O. The molecule has 0 fully saturated rings. The number of anilines is 1.